The molecule has 3 N–H and O–H groups in total. The summed E-state index contributed by atoms with van der Waals surface area (Å²) >= 11 is 0. The van der Waals surface area contributed by atoms with Crippen LogP contribution in [0.1, 0.15) is 27.2 Å². The Labute approximate surface area is 107 Å². The summed E-state index contributed by atoms with van der Waals surface area (Å²) in [6.45, 7) is 7.71. The molecule has 0 bridgehead atoms. The van der Waals surface area contributed by atoms with Crippen LogP contribution in [0.3, 0.4) is 0 Å². The van der Waals surface area contributed by atoms with Gasteiger partial charge in [-0.15, -0.1) is 0 Å². The van der Waals surface area contributed by atoms with Crippen LogP contribution in [0.4, 0.5) is 11.9 Å². The van der Waals surface area contributed by atoms with Crippen LogP contribution in [-0.4, -0.2) is 40.8 Å². The minimum absolute atomic E-state index is 0.142. The van der Waals surface area contributed by atoms with Crippen molar-refractivity contribution in [3.05, 3.63) is 0 Å². The van der Waals surface area contributed by atoms with Gasteiger partial charge in [0, 0.05) is 6.54 Å². The zero-order valence-electron chi connectivity index (χ0n) is 11.1. The molecule has 102 valence electrons. The average molecular weight is 255 g/mol. The number of hydrogen-bond acceptors (Lipinski definition) is 7. The number of rotatable bonds is 8. The summed E-state index contributed by atoms with van der Waals surface area (Å²) in [5.74, 6) is 0.546. The molecule has 0 aliphatic heterocycles. The predicted octanol–water partition coefficient (Wildman–Crippen LogP) is 1.08. The molecule has 1 aromatic heterocycles. The molecule has 0 aromatic carbocycles. The Hall–Kier alpha value is -1.63. The lowest BCUT2D eigenvalue weighted by atomic mass is 10.5. The molecule has 0 aliphatic rings. The van der Waals surface area contributed by atoms with Crippen LogP contribution in [-0.2, 0) is 4.74 Å². The summed E-state index contributed by atoms with van der Waals surface area (Å²) in [6, 6.07) is 0.247. The molecule has 0 atom stereocenters. The van der Waals surface area contributed by atoms with Gasteiger partial charge in [0.1, 0.15) is 0 Å². The molecule has 0 saturated heterocycles. The summed E-state index contributed by atoms with van der Waals surface area (Å²) < 4.78 is 10.7. The van der Waals surface area contributed by atoms with E-state index < -0.39 is 0 Å². The smallest absolute Gasteiger partial charge is 0.323 e. The highest BCUT2D eigenvalue weighted by Gasteiger charge is 2.04. The lowest BCUT2D eigenvalue weighted by molar-refractivity contribution is 0.0869. The lowest BCUT2D eigenvalue weighted by Crippen LogP contribution is -2.16. The normalized spacial score (nSPS) is 10.7. The Morgan fingerprint density at radius 3 is 2.67 bits per heavy atom. The van der Waals surface area contributed by atoms with Gasteiger partial charge in [-0.05, 0) is 20.3 Å². The van der Waals surface area contributed by atoms with E-state index in [9.17, 15) is 0 Å². The standard InChI is InChI=1S/C11H21N5O2/c1-4-6-18-11-15-9(12)14-10(16-11)13-5-7-17-8(2)3/h8H,4-7H2,1-3H3,(H3,12,13,14,15,16). The zero-order valence-corrected chi connectivity index (χ0v) is 11.1. The fraction of sp³-hybridized carbons (Fsp3) is 0.727. The quantitative estimate of drug-likeness (QED) is 0.671. The number of aromatic nitrogens is 3. The number of hydrogen-bond donors (Lipinski definition) is 2. The third-order valence-corrected chi connectivity index (χ3v) is 1.90. The fourth-order valence-corrected chi connectivity index (χ4v) is 1.17. The number of nitrogens with one attached hydrogen (secondary N) is 1. The van der Waals surface area contributed by atoms with E-state index in [4.69, 9.17) is 15.2 Å². The van der Waals surface area contributed by atoms with Gasteiger partial charge in [0.05, 0.1) is 19.3 Å². The number of nitrogens with zero attached hydrogens (tertiary/aromatic N) is 3. The molecular formula is C11H21N5O2. The maximum absolute atomic E-state index is 5.57. The highest BCUT2D eigenvalue weighted by atomic mass is 16.5. The molecule has 7 nitrogen and oxygen atoms in total. The molecule has 7 heteroatoms. The van der Waals surface area contributed by atoms with Gasteiger partial charge in [0.15, 0.2) is 0 Å². The van der Waals surface area contributed by atoms with Crippen molar-refractivity contribution in [2.45, 2.75) is 33.3 Å². The Morgan fingerprint density at radius 2 is 2.00 bits per heavy atom. The first-order valence-corrected chi connectivity index (χ1v) is 6.11. The first kappa shape index (κ1) is 14.4. The van der Waals surface area contributed by atoms with E-state index in [1.165, 1.54) is 0 Å². The van der Waals surface area contributed by atoms with E-state index >= 15 is 0 Å². The minimum Gasteiger partial charge on any atom is -0.463 e. The van der Waals surface area contributed by atoms with E-state index in [0.29, 0.717) is 25.7 Å². The molecule has 0 radical (unpaired) electrons. The van der Waals surface area contributed by atoms with Gasteiger partial charge in [-0.25, -0.2) is 0 Å². The molecular weight excluding hydrogens is 234 g/mol. The summed E-state index contributed by atoms with van der Waals surface area (Å²) in [5, 5.41) is 3.01. The summed E-state index contributed by atoms with van der Waals surface area (Å²) in [6.07, 6.45) is 1.09. The topological polar surface area (TPSA) is 95.2 Å². The predicted molar refractivity (Wildman–Crippen MR) is 69.6 cm³/mol. The van der Waals surface area contributed by atoms with Gasteiger partial charge in [0.2, 0.25) is 11.9 Å². The van der Waals surface area contributed by atoms with Crippen LogP contribution in [0.15, 0.2) is 0 Å². The first-order valence-electron chi connectivity index (χ1n) is 6.11. The van der Waals surface area contributed by atoms with Crippen LogP contribution in [0.25, 0.3) is 0 Å². The Morgan fingerprint density at radius 1 is 1.22 bits per heavy atom. The van der Waals surface area contributed by atoms with Crippen LogP contribution in [0, 0.1) is 0 Å². The van der Waals surface area contributed by atoms with Crippen LogP contribution in [0.5, 0.6) is 6.01 Å². The fourth-order valence-electron chi connectivity index (χ4n) is 1.17. The van der Waals surface area contributed by atoms with Crippen molar-refractivity contribution in [3.63, 3.8) is 0 Å². The molecule has 1 heterocycles. The van der Waals surface area contributed by atoms with E-state index in [1.54, 1.807) is 0 Å². The van der Waals surface area contributed by atoms with E-state index in [0.717, 1.165) is 6.42 Å². The number of nitrogen functional groups attached to an aromatic ring is 1. The largest absolute Gasteiger partial charge is 0.463 e. The Balaban J connectivity index is 2.46. The van der Waals surface area contributed by atoms with Crippen molar-refractivity contribution >= 4 is 11.9 Å². The monoisotopic (exact) mass is 255 g/mol. The lowest BCUT2D eigenvalue weighted by Gasteiger charge is -2.09. The maximum Gasteiger partial charge on any atom is 0.323 e. The van der Waals surface area contributed by atoms with Gasteiger partial charge in [-0.3, -0.25) is 0 Å². The van der Waals surface area contributed by atoms with Gasteiger partial charge >= 0.3 is 6.01 Å². The van der Waals surface area contributed by atoms with E-state index in [2.05, 4.69) is 20.3 Å². The van der Waals surface area contributed by atoms with Crippen LogP contribution >= 0.6 is 0 Å². The zero-order chi connectivity index (χ0) is 13.4. The first-order chi connectivity index (χ1) is 8.61. The van der Waals surface area contributed by atoms with Crippen molar-refractivity contribution in [1.29, 1.82) is 0 Å². The van der Waals surface area contributed by atoms with Gasteiger partial charge in [-0.1, -0.05) is 6.92 Å². The van der Waals surface area contributed by atoms with Crippen molar-refractivity contribution in [2.75, 3.05) is 30.8 Å². The Bertz CT molecular complexity index is 359. The van der Waals surface area contributed by atoms with Gasteiger partial charge < -0.3 is 20.5 Å². The van der Waals surface area contributed by atoms with E-state index in [-0.39, 0.29) is 18.1 Å². The van der Waals surface area contributed by atoms with Crippen LogP contribution in [0.2, 0.25) is 0 Å². The van der Waals surface area contributed by atoms with Crippen molar-refractivity contribution in [2.24, 2.45) is 0 Å². The SMILES string of the molecule is CCCOc1nc(N)nc(NCCOC(C)C)n1. The highest BCUT2D eigenvalue weighted by Crippen LogP contribution is 2.08. The van der Waals surface area contributed by atoms with Crippen molar-refractivity contribution in [1.82, 2.24) is 15.0 Å². The Kier molecular flexibility index (Phi) is 6.13. The second-order valence-electron chi connectivity index (χ2n) is 3.99. The number of ether oxygens (including phenoxy) is 2. The highest BCUT2D eigenvalue weighted by molar-refractivity contribution is 5.32. The van der Waals surface area contributed by atoms with Crippen molar-refractivity contribution < 1.29 is 9.47 Å². The molecule has 0 amide bonds. The van der Waals surface area contributed by atoms with Crippen LogP contribution < -0.4 is 15.8 Å². The molecule has 0 spiro atoms. The second-order valence-corrected chi connectivity index (χ2v) is 3.99. The van der Waals surface area contributed by atoms with Gasteiger partial charge in [0.25, 0.3) is 0 Å². The molecule has 0 aliphatic carbocycles. The van der Waals surface area contributed by atoms with Crippen molar-refractivity contribution in [3.8, 4) is 6.01 Å². The summed E-state index contributed by atoms with van der Waals surface area (Å²) in [4.78, 5) is 12.0. The minimum atomic E-state index is 0.142. The molecule has 1 aromatic rings. The molecule has 0 fully saturated rings. The van der Waals surface area contributed by atoms with Gasteiger partial charge in [-0.2, -0.15) is 15.0 Å². The molecule has 18 heavy (non-hydrogen) atoms. The molecule has 0 saturated carbocycles. The molecule has 0 unspecified atom stereocenters. The van der Waals surface area contributed by atoms with E-state index in [1.807, 2.05) is 20.8 Å². The number of nitrogens with two attached hydrogens (primary N) is 1. The summed E-state index contributed by atoms with van der Waals surface area (Å²) in [7, 11) is 0. The second kappa shape index (κ2) is 7.65. The maximum atomic E-state index is 5.57. The third-order valence-electron chi connectivity index (χ3n) is 1.90. The summed E-state index contributed by atoms with van der Waals surface area (Å²) in [5.41, 5.74) is 5.57. The molecule has 1 rings (SSSR count). The third kappa shape index (κ3) is 5.62. The average Bonchev–Trinajstić information content (AvgIpc) is 2.31. The number of anilines is 2.